The van der Waals surface area contributed by atoms with Crippen LogP contribution in [-0.2, 0) is 4.79 Å². The Morgan fingerprint density at radius 2 is 2.04 bits per heavy atom. The topological polar surface area (TPSA) is 74.0 Å². The number of nitrogens with one attached hydrogen (secondary N) is 1. The zero-order chi connectivity index (χ0) is 15.9. The maximum absolute atomic E-state index is 11.1. The quantitative estimate of drug-likeness (QED) is 0.384. The molecule has 2 unspecified atom stereocenters. The molecule has 0 saturated carbocycles. The van der Waals surface area contributed by atoms with E-state index in [1.165, 1.54) is 19.5 Å². The van der Waals surface area contributed by atoms with E-state index in [-0.39, 0.29) is 29.9 Å². The van der Waals surface area contributed by atoms with Crippen LogP contribution in [0.4, 0.5) is 0 Å². The molecule has 1 amide bonds. The van der Waals surface area contributed by atoms with Crippen molar-refractivity contribution in [2.75, 3.05) is 46.3 Å². The van der Waals surface area contributed by atoms with Gasteiger partial charge in [-0.05, 0) is 44.2 Å². The SMILES string of the molecule is CCN1CCC(CNC(=NC)N2CCCC(CC(N)=O)C2)C1.I. The van der Waals surface area contributed by atoms with Crippen LogP contribution in [0.5, 0.6) is 0 Å². The number of carbonyl (C=O) groups is 1. The zero-order valence-corrected chi connectivity index (χ0v) is 16.8. The Balaban J connectivity index is 0.00000264. The maximum atomic E-state index is 11.1. The maximum Gasteiger partial charge on any atom is 0.217 e. The van der Waals surface area contributed by atoms with Gasteiger partial charge < -0.3 is 20.9 Å². The number of halogens is 1. The number of hydrogen-bond donors (Lipinski definition) is 2. The summed E-state index contributed by atoms with van der Waals surface area (Å²) < 4.78 is 0. The summed E-state index contributed by atoms with van der Waals surface area (Å²) in [7, 11) is 1.84. The molecule has 2 atom stereocenters. The third kappa shape index (κ3) is 6.45. The summed E-state index contributed by atoms with van der Waals surface area (Å²) >= 11 is 0. The van der Waals surface area contributed by atoms with Crippen molar-refractivity contribution in [3.63, 3.8) is 0 Å². The Kier molecular flexibility index (Phi) is 9.19. The summed E-state index contributed by atoms with van der Waals surface area (Å²) in [6.45, 7) is 8.65. The number of hydrogen-bond acceptors (Lipinski definition) is 3. The van der Waals surface area contributed by atoms with Crippen LogP contribution in [0.25, 0.3) is 0 Å². The van der Waals surface area contributed by atoms with Crippen molar-refractivity contribution in [3.8, 4) is 0 Å². The highest BCUT2D eigenvalue weighted by Gasteiger charge is 2.25. The number of nitrogens with zero attached hydrogens (tertiary/aromatic N) is 3. The van der Waals surface area contributed by atoms with Gasteiger partial charge in [0.15, 0.2) is 5.96 Å². The molecule has 3 N–H and O–H groups in total. The number of guanidine groups is 1. The summed E-state index contributed by atoms with van der Waals surface area (Å²) in [5.74, 6) is 1.86. The van der Waals surface area contributed by atoms with E-state index < -0.39 is 0 Å². The first kappa shape index (κ1) is 20.5. The van der Waals surface area contributed by atoms with Gasteiger partial charge in [-0.25, -0.2) is 0 Å². The standard InChI is InChI=1S/C16H31N5O.HI/c1-3-20-8-6-14(11-20)10-19-16(18-2)21-7-4-5-13(12-21)9-15(17)22;/h13-14H,3-12H2,1-2H3,(H2,17,22)(H,18,19);1H. The van der Waals surface area contributed by atoms with E-state index in [0.717, 1.165) is 45.0 Å². The molecule has 6 nitrogen and oxygen atoms in total. The smallest absolute Gasteiger partial charge is 0.217 e. The molecule has 23 heavy (non-hydrogen) atoms. The monoisotopic (exact) mass is 437 g/mol. The highest BCUT2D eigenvalue weighted by atomic mass is 127. The average Bonchev–Trinajstić information content (AvgIpc) is 2.96. The summed E-state index contributed by atoms with van der Waals surface area (Å²) in [6.07, 6.45) is 3.94. The Labute approximate surface area is 157 Å². The van der Waals surface area contributed by atoms with Crippen LogP contribution in [0.3, 0.4) is 0 Å². The molecule has 0 aromatic carbocycles. The van der Waals surface area contributed by atoms with E-state index in [9.17, 15) is 4.79 Å². The predicted molar refractivity (Wildman–Crippen MR) is 105 cm³/mol. The first-order valence-electron chi connectivity index (χ1n) is 8.58. The van der Waals surface area contributed by atoms with E-state index in [1.54, 1.807) is 0 Å². The second kappa shape index (κ2) is 10.3. The van der Waals surface area contributed by atoms with E-state index >= 15 is 0 Å². The van der Waals surface area contributed by atoms with Gasteiger partial charge in [-0.15, -0.1) is 24.0 Å². The van der Waals surface area contributed by atoms with Crippen LogP contribution in [0.2, 0.25) is 0 Å². The second-order valence-electron chi connectivity index (χ2n) is 6.60. The Hall–Kier alpha value is -0.570. The first-order valence-corrected chi connectivity index (χ1v) is 8.58. The predicted octanol–water partition coefficient (Wildman–Crippen LogP) is 1.11. The van der Waals surface area contributed by atoms with Crippen molar-refractivity contribution in [3.05, 3.63) is 0 Å². The molecule has 2 fully saturated rings. The van der Waals surface area contributed by atoms with Crippen LogP contribution in [0, 0.1) is 11.8 Å². The van der Waals surface area contributed by atoms with E-state index in [1.807, 2.05) is 7.05 Å². The fourth-order valence-corrected chi connectivity index (χ4v) is 3.64. The highest BCUT2D eigenvalue weighted by molar-refractivity contribution is 14.0. The van der Waals surface area contributed by atoms with Gasteiger partial charge in [-0.1, -0.05) is 6.92 Å². The second-order valence-corrected chi connectivity index (χ2v) is 6.60. The molecular formula is C16H32IN5O. The third-order valence-electron chi connectivity index (χ3n) is 4.89. The average molecular weight is 437 g/mol. The molecule has 7 heteroatoms. The molecule has 0 aromatic heterocycles. The molecule has 2 aliphatic heterocycles. The summed E-state index contributed by atoms with van der Waals surface area (Å²) in [4.78, 5) is 20.3. The number of carbonyl (C=O) groups excluding carboxylic acids is 1. The number of nitrogens with two attached hydrogens (primary N) is 1. The van der Waals surface area contributed by atoms with Gasteiger partial charge in [0.05, 0.1) is 0 Å². The van der Waals surface area contributed by atoms with Crippen LogP contribution in [0.15, 0.2) is 4.99 Å². The third-order valence-corrected chi connectivity index (χ3v) is 4.89. The van der Waals surface area contributed by atoms with E-state index in [2.05, 4.69) is 27.0 Å². The van der Waals surface area contributed by atoms with Crippen LogP contribution >= 0.6 is 24.0 Å². The molecular weight excluding hydrogens is 405 g/mol. The van der Waals surface area contributed by atoms with Gasteiger partial charge in [0, 0.05) is 39.6 Å². The van der Waals surface area contributed by atoms with Gasteiger partial charge in [-0.3, -0.25) is 9.79 Å². The summed E-state index contributed by atoms with van der Waals surface area (Å²) in [5, 5.41) is 3.53. The van der Waals surface area contributed by atoms with Gasteiger partial charge in [0.1, 0.15) is 0 Å². The molecule has 2 aliphatic rings. The van der Waals surface area contributed by atoms with Crippen molar-refractivity contribution >= 4 is 35.8 Å². The zero-order valence-electron chi connectivity index (χ0n) is 14.5. The fraction of sp³-hybridized carbons (Fsp3) is 0.875. The number of aliphatic imine (C=N–C) groups is 1. The Morgan fingerprint density at radius 1 is 1.26 bits per heavy atom. The summed E-state index contributed by atoms with van der Waals surface area (Å²) in [6, 6.07) is 0. The number of rotatable bonds is 5. The molecule has 0 bridgehead atoms. The number of primary amides is 1. The molecule has 2 heterocycles. The lowest BCUT2D eigenvalue weighted by Gasteiger charge is -2.35. The van der Waals surface area contributed by atoms with Crippen LogP contribution < -0.4 is 11.1 Å². The van der Waals surface area contributed by atoms with E-state index in [0.29, 0.717) is 18.3 Å². The minimum atomic E-state index is -0.194. The van der Waals surface area contributed by atoms with Gasteiger partial charge in [0.25, 0.3) is 0 Å². The van der Waals surface area contributed by atoms with Gasteiger partial charge in [0.2, 0.25) is 5.91 Å². The molecule has 0 spiro atoms. The normalized spacial score (nSPS) is 26.0. The number of piperidine rings is 1. The molecule has 0 aliphatic carbocycles. The molecule has 134 valence electrons. The van der Waals surface area contributed by atoms with Crippen molar-refractivity contribution < 1.29 is 4.79 Å². The van der Waals surface area contributed by atoms with Gasteiger partial charge in [-0.2, -0.15) is 0 Å². The summed E-state index contributed by atoms with van der Waals surface area (Å²) in [5.41, 5.74) is 5.34. The number of likely N-dealkylation sites (tertiary alicyclic amines) is 2. The first-order chi connectivity index (χ1) is 10.6. The fourth-order valence-electron chi connectivity index (χ4n) is 3.64. The molecule has 2 saturated heterocycles. The van der Waals surface area contributed by atoms with Crippen molar-refractivity contribution in [1.29, 1.82) is 0 Å². The minimum absolute atomic E-state index is 0. The lowest BCUT2D eigenvalue weighted by atomic mass is 9.95. The van der Waals surface area contributed by atoms with Gasteiger partial charge >= 0.3 is 0 Å². The van der Waals surface area contributed by atoms with Crippen LogP contribution in [-0.4, -0.2) is 68.0 Å². The largest absolute Gasteiger partial charge is 0.370 e. The van der Waals surface area contributed by atoms with Crippen LogP contribution in [0.1, 0.15) is 32.6 Å². The molecule has 0 radical (unpaired) electrons. The van der Waals surface area contributed by atoms with Crippen molar-refractivity contribution in [1.82, 2.24) is 15.1 Å². The number of amides is 1. The molecule has 2 rings (SSSR count). The highest BCUT2D eigenvalue weighted by Crippen LogP contribution is 2.20. The minimum Gasteiger partial charge on any atom is -0.370 e. The van der Waals surface area contributed by atoms with Crippen molar-refractivity contribution in [2.45, 2.75) is 32.6 Å². The molecule has 0 aromatic rings. The lowest BCUT2D eigenvalue weighted by molar-refractivity contribution is -0.119. The Morgan fingerprint density at radius 3 is 2.65 bits per heavy atom. The van der Waals surface area contributed by atoms with Crippen molar-refractivity contribution in [2.24, 2.45) is 22.6 Å². The van der Waals surface area contributed by atoms with E-state index in [4.69, 9.17) is 5.73 Å². The lowest BCUT2D eigenvalue weighted by Crippen LogP contribution is -2.48. The Bertz CT molecular complexity index is 404.